The number of nitrogens with one attached hydrogen (secondary N) is 2. The van der Waals surface area contributed by atoms with Gasteiger partial charge in [-0.15, -0.1) is 0 Å². The first-order valence-corrected chi connectivity index (χ1v) is 5.78. The Morgan fingerprint density at radius 3 is 2.56 bits per heavy atom. The Labute approximate surface area is 96.8 Å². The zero-order chi connectivity index (χ0) is 12.0. The third-order valence-electron chi connectivity index (χ3n) is 2.47. The molecule has 0 amide bonds. The Morgan fingerprint density at radius 1 is 1.31 bits per heavy atom. The van der Waals surface area contributed by atoms with Crippen LogP contribution in [-0.4, -0.2) is 16.0 Å². The maximum absolute atomic E-state index is 5.34. The minimum atomic E-state index is 0.463. The van der Waals surface area contributed by atoms with Crippen LogP contribution in [0.1, 0.15) is 38.9 Å². The number of nitrogens with two attached hydrogens (primary N) is 1. The molecule has 0 aliphatic heterocycles. The summed E-state index contributed by atoms with van der Waals surface area (Å²) in [6.45, 7) is 6.21. The molecular weight excluding hydrogens is 202 g/mol. The Morgan fingerprint density at radius 2 is 2.00 bits per heavy atom. The second-order valence-corrected chi connectivity index (χ2v) is 3.87. The Balaban J connectivity index is 2.74. The van der Waals surface area contributed by atoms with Crippen LogP contribution in [0.25, 0.3) is 0 Å². The highest BCUT2D eigenvalue weighted by Gasteiger charge is 2.07. The molecule has 90 valence electrons. The normalized spacial score (nSPS) is 12.2. The first-order valence-electron chi connectivity index (χ1n) is 5.78. The number of nitrogens with zero attached hydrogens (tertiary/aromatic N) is 2. The van der Waals surface area contributed by atoms with Crippen LogP contribution in [-0.2, 0) is 0 Å². The molecule has 5 nitrogen and oxygen atoms in total. The summed E-state index contributed by atoms with van der Waals surface area (Å²) in [4.78, 5) is 8.48. The van der Waals surface area contributed by atoms with Crippen molar-refractivity contribution in [2.45, 2.75) is 46.1 Å². The van der Waals surface area contributed by atoms with Crippen LogP contribution in [0.4, 0.5) is 11.6 Å². The quantitative estimate of drug-likeness (QED) is 0.508. The molecule has 5 heteroatoms. The van der Waals surface area contributed by atoms with E-state index in [4.69, 9.17) is 5.84 Å². The van der Waals surface area contributed by atoms with Gasteiger partial charge in [0.05, 0.1) is 0 Å². The molecule has 0 aliphatic carbocycles. The number of aromatic nitrogens is 2. The minimum absolute atomic E-state index is 0.463. The third kappa shape index (κ3) is 3.66. The maximum Gasteiger partial charge on any atom is 0.145 e. The van der Waals surface area contributed by atoms with Gasteiger partial charge in [0.25, 0.3) is 0 Å². The summed E-state index contributed by atoms with van der Waals surface area (Å²) in [5.41, 5.74) is 2.54. The summed E-state index contributed by atoms with van der Waals surface area (Å²) in [7, 11) is 0. The molecular formula is C11H21N5. The summed E-state index contributed by atoms with van der Waals surface area (Å²) in [6, 6.07) is 2.29. The van der Waals surface area contributed by atoms with E-state index in [1.54, 1.807) is 0 Å². The molecule has 1 atom stereocenters. The van der Waals surface area contributed by atoms with Gasteiger partial charge < -0.3 is 10.7 Å². The van der Waals surface area contributed by atoms with Gasteiger partial charge in [0.2, 0.25) is 0 Å². The van der Waals surface area contributed by atoms with Crippen LogP contribution < -0.4 is 16.6 Å². The number of nitrogen functional groups attached to an aromatic ring is 1. The van der Waals surface area contributed by atoms with Crippen molar-refractivity contribution in [3.63, 3.8) is 0 Å². The van der Waals surface area contributed by atoms with Crippen molar-refractivity contribution in [2.75, 3.05) is 10.7 Å². The first kappa shape index (κ1) is 12.7. The van der Waals surface area contributed by atoms with E-state index in [0.717, 1.165) is 25.1 Å². The number of hydrogen-bond donors (Lipinski definition) is 3. The summed E-state index contributed by atoms with van der Waals surface area (Å²) >= 11 is 0. The molecule has 1 unspecified atom stereocenters. The zero-order valence-electron chi connectivity index (χ0n) is 10.2. The van der Waals surface area contributed by atoms with Crippen LogP contribution in [0.5, 0.6) is 0 Å². The van der Waals surface area contributed by atoms with E-state index < -0.39 is 0 Å². The van der Waals surface area contributed by atoms with Crippen molar-refractivity contribution in [1.82, 2.24) is 9.97 Å². The first-order chi connectivity index (χ1) is 7.69. The lowest BCUT2D eigenvalue weighted by Gasteiger charge is -2.17. The minimum Gasteiger partial charge on any atom is -0.367 e. The van der Waals surface area contributed by atoms with Crippen LogP contribution in [0, 0.1) is 6.92 Å². The van der Waals surface area contributed by atoms with Crippen molar-refractivity contribution in [2.24, 2.45) is 5.84 Å². The maximum atomic E-state index is 5.34. The summed E-state index contributed by atoms with van der Waals surface area (Å²) in [5.74, 6) is 7.53. The van der Waals surface area contributed by atoms with E-state index in [9.17, 15) is 0 Å². The van der Waals surface area contributed by atoms with Crippen molar-refractivity contribution in [3.8, 4) is 0 Å². The Kier molecular flexibility index (Phi) is 4.98. The molecule has 1 aromatic heterocycles. The molecule has 0 bridgehead atoms. The third-order valence-corrected chi connectivity index (χ3v) is 2.47. The number of rotatable bonds is 6. The molecule has 0 aliphatic rings. The largest absolute Gasteiger partial charge is 0.367 e. The fourth-order valence-electron chi connectivity index (χ4n) is 1.65. The average molecular weight is 223 g/mol. The van der Waals surface area contributed by atoms with Gasteiger partial charge in [0.15, 0.2) is 0 Å². The second-order valence-electron chi connectivity index (χ2n) is 3.87. The average Bonchev–Trinajstić information content (AvgIpc) is 2.27. The topological polar surface area (TPSA) is 75.9 Å². The molecule has 0 fully saturated rings. The number of hydrogen-bond acceptors (Lipinski definition) is 5. The predicted molar refractivity (Wildman–Crippen MR) is 67.2 cm³/mol. The molecule has 1 heterocycles. The zero-order valence-corrected chi connectivity index (χ0v) is 10.2. The lowest BCUT2D eigenvalue weighted by Crippen LogP contribution is -2.20. The molecule has 1 aromatic rings. The molecule has 4 N–H and O–H groups in total. The molecule has 0 spiro atoms. The summed E-state index contributed by atoms with van der Waals surface area (Å²) in [6.07, 6.45) is 3.39. The number of aryl methyl sites for hydroxylation is 1. The lowest BCUT2D eigenvalue weighted by atomic mass is 10.1. The van der Waals surface area contributed by atoms with E-state index in [-0.39, 0.29) is 0 Å². The van der Waals surface area contributed by atoms with E-state index >= 15 is 0 Å². The van der Waals surface area contributed by atoms with Gasteiger partial charge in [-0.1, -0.05) is 20.3 Å². The van der Waals surface area contributed by atoms with Gasteiger partial charge in [0, 0.05) is 12.1 Å². The van der Waals surface area contributed by atoms with Gasteiger partial charge in [-0.25, -0.2) is 15.8 Å². The smallest absolute Gasteiger partial charge is 0.145 e. The number of hydrazine groups is 1. The Bertz CT molecular complexity index is 326. The highest BCUT2D eigenvalue weighted by atomic mass is 15.3. The highest BCUT2D eigenvalue weighted by Crippen LogP contribution is 2.14. The second kappa shape index (κ2) is 6.27. The lowest BCUT2D eigenvalue weighted by molar-refractivity contribution is 0.620. The molecule has 16 heavy (non-hydrogen) atoms. The van der Waals surface area contributed by atoms with Gasteiger partial charge in [0.1, 0.15) is 17.5 Å². The van der Waals surface area contributed by atoms with Crippen molar-refractivity contribution < 1.29 is 0 Å². The van der Waals surface area contributed by atoms with Crippen molar-refractivity contribution in [1.29, 1.82) is 0 Å². The fraction of sp³-hybridized carbons (Fsp3) is 0.636. The van der Waals surface area contributed by atoms with Gasteiger partial charge in [-0.05, 0) is 19.8 Å². The monoisotopic (exact) mass is 223 g/mol. The Hall–Kier alpha value is -1.36. The van der Waals surface area contributed by atoms with Crippen molar-refractivity contribution in [3.05, 3.63) is 11.9 Å². The van der Waals surface area contributed by atoms with E-state index in [1.165, 1.54) is 0 Å². The fourth-order valence-corrected chi connectivity index (χ4v) is 1.65. The number of anilines is 2. The van der Waals surface area contributed by atoms with Gasteiger partial charge >= 0.3 is 0 Å². The standard InChI is InChI=1S/C11H21N5/c1-4-6-9(5-2)15-10-7-11(16-12)14-8(3)13-10/h7,9H,4-6,12H2,1-3H3,(H2,13,14,15,16). The molecule has 0 aromatic carbocycles. The van der Waals surface area contributed by atoms with Crippen LogP contribution >= 0.6 is 0 Å². The van der Waals surface area contributed by atoms with Crippen LogP contribution in [0.2, 0.25) is 0 Å². The van der Waals surface area contributed by atoms with E-state index in [1.807, 2.05) is 13.0 Å². The van der Waals surface area contributed by atoms with E-state index in [2.05, 4.69) is 34.6 Å². The highest BCUT2D eigenvalue weighted by molar-refractivity contribution is 5.47. The molecule has 0 saturated heterocycles. The van der Waals surface area contributed by atoms with Crippen molar-refractivity contribution >= 4 is 11.6 Å². The van der Waals surface area contributed by atoms with Gasteiger partial charge in [-0.3, -0.25) is 0 Å². The molecule has 0 radical (unpaired) electrons. The van der Waals surface area contributed by atoms with Crippen LogP contribution in [0.15, 0.2) is 6.07 Å². The summed E-state index contributed by atoms with van der Waals surface area (Å²) < 4.78 is 0. The molecule has 0 saturated carbocycles. The summed E-state index contributed by atoms with van der Waals surface area (Å²) in [5, 5.41) is 3.40. The predicted octanol–water partition coefficient (Wildman–Crippen LogP) is 2.06. The van der Waals surface area contributed by atoms with Crippen LogP contribution in [0.3, 0.4) is 0 Å². The molecule has 1 rings (SSSR count). The van der Waals surface area contributed by atoms with E-state index in [0.29, 0.717) is 17.7 Å². The van der Waals surface area contributed by atoms with Gasteiger partial charge in [-0.2, -0.15) is 0 Å². The SMILES string of the molecule is CCCC(CC)Nc1cc(NN)nc(C)n1.